The molecule has 1 aliphatic rings. The Labute approximate surface area is 282 Å². The van der Waals surface area contributed by atoms with Gasteiger partial charge in [0.2, 0.25) is 0 Å². The number of hydrogen-bond donors (Lipinski definition) is 0. The van der Waals surface area contributed by atoms with Crippen LogP contribution in [0.15, 0.2) is 45.1 Å². The Morgan fingerprint density at radius 2 is 1.27 bits per heavy atom. The lowest BCUT2D eigenvalue weighted by atomic mass is 10.1. The maximum Gasteiger partial charge on any atom is 0.269 e. The van der Waals surface area contributed by atoms with Crippen LogP contribution in [0.3, 0.4) is 0 Å². The van der Waals surface area contributed by atoms with Crippen LogP contribution in [-0.2, 0) is 13.1 Å². The minimum absolute atomic E-state index is 1.10. The minimum Gasteiger partial charge on any atom is -0.339 e. The molecule has 0 aromatic carbocycles. The van der Waals surface area contributed by atoms with E-state index in [-0.39, 0.29) is 0 Å². The van der Waals surface area contributed by atoms with Crippen LogP contribution in [0.25, 0.3) is 11.6 Å². The first-order chi connectivity index (χ1) is 21.5. The van der Waals surface area contributed by atoms with Crippen LogP contribution in [0.4, 0.5) is 0 Å². The van der Waals surface area contributed by atoms with E-state index >= 15 is 0 Å². The topological polar surface area (TPSA) is 11.0 Å². The van der Waals surface area contributed by atoms with Crippen molar-refractivity contribution in [3.63, 3.8) is 0 Å². The molecule has 0 saturated carbocycles. The van der Waals surface area contributed by atoms with Crippen molar-refractivity contribution in [3.05, 3.63) is 66.5 Å². The van der Waals surface area contributed by atoms with Crippen molar-refractivity contribution in [3.8, 4) is 0 Å². The van der Waals surface area contributed by atoms with Crippen LogP contribution >= 0.6 is 34.4 Å². The third-order valence-corrected chi connectivity index (χ3v) is 11.9. The standard InChI is InChI=1S/C38H61N3S3/c1-7-10-13-16-19-26-39-32(4)29-42-36(39)24-22-35(38-41(34(6)31-44-38)28-21-18-15-12-9-3)23-25-37-40(33(5)30-43-37)27-20-17-14-11-8-2/h22-25,29-31H,7-21,26-28H2,1-6H3/q+2. The first kappa shape index (κ1) is 36.8. The number of thiazole rings is 2. The molecule has 1 aliphatic heterocycles. The number of allylic oxidation sites excluding steroid dienone is 5. The van der Waals surface area contributed by atoms with Crippen molar-refractivity contribution in [2.45, 2.75) is 151 Å². The molecule has 2 aromatic rings. The molecule has 3 nitrogen and oxygen atoms in total. The molecule has 0 amide bonds. The van der Waals surface area contributed by atoms with E-state index in [2.05, 4.69) is 96.0 Å². The van der Waals surface area contributed by atoms with E-state index in [1.807, 2.05) is 34.4 Å². The SMILES string of the molecule is CCCCCCCN1C(C)=CS/C1=C\C=C(/C=Cc1scc(C)[n+]1CCCCCCC)c1scc(C)[n+]1CCCCCCC. The number of aryl methyl sites for hydroxylation is 2. The van der Waals surface area contributed by atoms with Gasteiger partial charge in [0.05, 0.1) is 21.4 Å². The second kappa shape index (κ2) is 21.2. The average molecular weight is 656 g/mol. The zero-order valence-corrected chi connectivity index (χ0v) is 31.3. The zero-order valence-electron chi connectivity index (χ0n) is 28.8. The van der Waals surface area contributed by atoms with Crippen LogP contribution < -0.4 is 9.13 Å². The highest BCUT2D eigenvalue weighted by molar-refractivity contribution is 8.06. The van der Waals surface area contributed by atoms with Gasteiger partial charge in [-0.25, -0.2) is 0 Å². The van der Waals surface area contributed by atoms with Crippen LogP contribution in [-0.4, -0.2) is 11.4 Å². The third-order valence-electron chi connectivity index (χ3n) is 8.61. The van der Waals surface area contributed by atoms with Gasteiger partial charge >= 0.3 is 0 Å². The van der Waals surface area contributed by atoms with E-state index in [4.69, 9.17) is 0 Å². The largest absolute Gasteiger partial charge is 0.339 e. The maximum atomic E-state index is 2.57. The molecule has 244 valence electrons. The van der Waals surface area contributed by atoms with Crippen LogP contribution in [0, 0.1) is 13.8 Å². The van der Waals surface area contributed by atoms with Crippen molar-refractivity contribution in [1.29, 1.82) is 0 Å². The molecule has 6 heteroatoms. The molecule has 0 unspecified atom stereocenters. The number of unbranched alkanes of at least 4 members (excludes halogenated alkanes) is 12. The molecule has 0 spiro atoms. The Hall–Kier alpha value is -1.63. The fourth-order valence-electron chi connectivity index (χ4n) is 5.80. The van der Waals surface area contributed by atoms with Gasteiger partial charge in [-0.1, -0.05) is 119 Å². The molecule has 44 heavy (non-hydrogen) atoms. The minimum atomic E-state index is 1.10. The Balaban J connectivity index is 1.86. The summed E-state index contributed by atoms with van der Waals surface area (Å²) in [6, 6.07) is 0. The molecular formula is C38H61N3S3+2. The summed E-state index contributed by atoms with van der Waals surface area (Å²) in [7, 11) is 0. The lowest BCUT2D eigenvalue weighted by Crippen LogP contribution is -2.38. The van der Waals surface area contributed by atoms with Crippen LogP contribution in [0.1, 0.15) is 145 Å². The molecule has 0 bridgehead atoms. The number of nitrogens with zero attached hydrogens (tertiary/aromatic N) is 3. The second-order valence-electron chi connectivity index (χ2n) is 12.4. The van der Waals surface area contributed by atoms with E-state index in [9.17, 15) is 0 Å². The van der Waals surface area contributed by atoms with Crippen molar-refractivity contribution in [2.24, 2.45) is 0 Å². The van der Waals surface area contributed by atoms with E-state index < -0.39 is 0 Å². The van der Waals surface area contributed by atoms with Crippen LogP contribution in [0.5, 0.6) is 0 Å². The van der Waals surface area contributed by atoms with Gasteiger partial charge in [-0.2, -0.15) is 9.13 Å². The van der Waals surface area contributed by atoms with E-state index in [1.165, 1.54) is 134 Å². The first-order valence-corrected chi connectivity index (χ1v) is 20.3. The van der Waals surface area contributed by atoms with Gasteiger partial charge in [-0.15, -0.1) is 0 Å². The molecule has 0 saturated heterocycles. The van der Waals surface area contributed by atoms with Gasteiger partial charge < -0.3 is 4.90 Å². The quantitative estimate of drug-likeness (QED) is 0.0710. The molecule has 0 atom stereocenters. The fraction of sp³-hybridized carbons (Fsp3) is 0.632. The molecular weight excluding hydrogens is 595 g/mol. The third kappa shape index (κ3) is 11.9. The monoisotopic (exact) mass is 655 g/mol. The van der Waals surface area contributed by atoms with Gasteiger partial charge in [0.1, 0.15) is 13.1 Å². The van der Waals surface area contributed by atoms with Gasteiger partial charge in [0.15, 0.2) is 11.4 Å². The van der Waals surface area contributed by atoms with Gasteiger partial charge in [0, 0.05) is 45.0 Å². The smallest absolute Gasteiger partial charge is 0.269 e. The Morgan fingerprint density at radius 1 is 0.705 bits per heavy atom. The van der Waals surface area contributed by atoms with Crippen LogP contribution in [0.2, 0.25) is 0 Å². The summed E-state index contributed by atoms with van der Waals surface area (Å²) in [5, 5.41) is 11.1. The first-order valence-electron chi connectivity index (χ1n) is 17.7. The number of hydrogen-bond acceptors (Lipinski definition) is 4. The van der Waals surface area contributed by atoms with E-state index in [1.54, 1.807) is 0 Å². The molecule has 0 fully saturated rings. The summed E-state index contributed by atoms with van der Waals surface area (Å²) in [5.41, 5.74) is 5.46. The molecule has 3 rings (SSSR count). The van der Waals surface area contributed by atoms with Gasteiger partial charge in [-0.3, -0.25) is 0 Å². The zero-order chi connectivity index (χ0) is 31.6. The lowest BCUT2D eigenvalue weighted by molar-refractivity contribution is -0.700. The maximum absolute atomic E-state index is 2.57. The van der Waals surface area contributed by atoms with Crippen molar-refractivity contribution < 1.29 is 9.13 Å². The highest BCUT2D eigenvalue weighted by atomic mass is 32.2. The highest BCUT2D eigenvalue weighted by Crippen LogP contribution is 2.35. The molecule has 0 N–H and O–H groups in total. The fourth-order valence-corrected chi connectivity index (χ4v) is 8.70. The Kier molecular flexibility index (Phi) is 17.8. The molecule has 3 heterocycles. The number of rotatable bonds is 22. The lowest BCUT2D eigenvalue weighted by Gasteiger charge is -2.21. The van der Waals surface area contributed by atoms with Crippen molar-refractivity contribution in [1.82, 2.24) is 4.90 Å². The summed E-state index contributed by atoms with van der Waals surface area (Å²) in [5.74, 6) is 0. The van der Waals surface area contributed by atoms with Gasteiger partial charge in [-0.05, 0) is 49.8 Å². The number of thioether (sulfide) groups is 1. The number of aromatic nitrogens is 2. The Morgan fingerprint density at radius 3 is 1.93 bits per heavy atom. The average Bonchev–Trinajstić information content (AvgIpc) is 3.69. The molecule has 0 radical (unpaired) electrons. The summed E-state index contributed by atoms with van der Waals surface area (Å²) < 4.78 is 5.11. The summed E-state index contributed by atoms with van der Waals surface area (Å²) in [4.78, 5) is 2.53. The van der Waals surface area contributed by atoms with E-state index in [0.29, 0.717) is 0 Å². The predicted molar refractivity (Wildman–Crippen MR) is 198 cm³/mol. The molecule has 0 aliphatic carbocycles. The normalized spacial score (nSPS) is 15.0. The second-order valence-corrected chi connectivity index (χ2v) is 15.1. The van der Waals surface area contributed by atoms with Crippen molar-refractivity contribution in [2.75, 3.05) is 6.54 Å². The highest BCUT2D eigenvalue weighted by Gasteiger charge is 2.22. The predicted octanol–water partition coefficient (Wildman–Crippen LogP) is 11.8. The molecule has 2 aromatic heterocycles. The Bertz CT molecular complexity index is 1230. The van der Waals surface area contributed by atoms with Crippen molar-refractivity contribution >= 4 is 46.1 Å². The summed E-state index contributed by atoms with van der Waals surface area (Å²) in [6.07, 6.45) is 29.3. The van der Waals surface area contributed by atoms with E-state index in [0.717, 1.165) is 19.6 Å². The van der Waals surface area contributed by atoms with Gasteiger partial charge in [0.25, 0.3) is 10.0 Å². The summed E-state index contributed by atoms with van der Waals surface area (Å²) in [6.45, 7) is 17.0. The summed E-state index contributed by atoms with van der Waals surface area (Å²) >= 11 is 5.66.